The second-order valence-electron chi connectivity index (χ2n) is 11.6. The highest BCUT2D eigenvalue weighted by Crippen LogP contribution is 2.37. The Balaban J connectivity index is 1.52. The summed E-state index contributed by atoms with van der Waals surface area (Å²) >= 11 is 10.2. The molecule has 0 aliphatic rings. The zero-order chi connectivity index (χ0) is 36.0. The summed E-state index contributed by atoms with van der Waals surface area (Å²) in [4.78, 5) is 12.5. The molecule has 0 aliphatic carbocycles. The number of phenolic OH excluding ortho intramolecular Hbond substituents is 1. The number of nitrogens with zero attached hydrogens (tertiary/aromatic N) is 1. The molecule has 0 fully saturated rings. The molecule has 1 unspecified atom stereocenters. The van der Waals surface area contributed by atoms with Gasteiger partial charge in [-0.3, -0.25) is 4.79 Å². The maximum atomic E-state index is 14.2. The Hall–Kier alpha value is -4.10. The zero-order valence-electron chi connectivity index (χ0n) is 26.7. The van der Waals surface area contributed by atoms with Crippen molar-refractivity contribution in [3.05, 3.63) is 152 Å². The normalized spacial score (nSPS) is 12.2. The summed E-state index contributed by atoms with van der Waals surface area (Å²) in [6, 6.07) is 26.7. The fraction of sp³-hybridized carbons (Fsp3) is 0.162. The molecule has 0 heterocycles. The van der Waals surface area contributed by atoms with E-state index >= 15 is 0 Å². The van der Waals surface area contributed by atoms with Crippen LogP contribution in [-0.4, -0.2) is 32.4 Å². The minimum Gasteiger partial charge on any atom is -0.505 e. The predicted molar refractivity (Wildman–Crippen MR) is 192 cm³/mol. The van der Waals surface area contributed by atoms with E-state index in [-0.39, 0.29) is 41.1 Å². The van der Waals surface area contributed by atoms with Gasteiger partial charge in [-0.25, -0.2) is 17.0 Å². The van der Waals surface area contributed by atoms with Crippen molar-refractivity contribution in [2.24, 2.45) is 0 Å². The molecular formula is C37H32Cl2FNO7S2. The first-order valence-corrected chi connectivity index (χ1v) is 18.7. The second kappa shape index (κ2) is 16.3. The smallest absolute Gasteiger partial charge is 0.247 e. The second-order valence-corrected chi connectivity index (χ2v) is 15.3. The quantitative estimate of drug-likeness (QED) is 0.0858. The Bertz CT molecular complexity index is 2130. The molecule has 260 valence electrons. The zero-order valence-corrected chi connectivity index (χ0v) is 29.8. The van der Waals surface area contributed by atoms with Gasteiger partial charge in [0.05, 0.1) is 10.8 Å². The summed E-state index contributed by atoms with van der Waals surface area (Å²) in [5.74, 6) is -0.582. The number of ether oxygens (including phenoxy) is 1. The van der Waals surface area contributed by atoms with Gasteiger partial charge >= 0.3 is 0 Å². The first kappa shape index (κ1) is 37.2. The SMILES string of the molecule is Cc1ccc(C(=O)CCc2cc(CN(Cc3ccc(CS(=O)O)cc3)S(=O)(=O)c3cc(Cl)cc(Cl)c3O)cc(Oc3ccc(F)cc3)c2)cc1. The van der Waals surface area contributed by atoms with Crippen LogP contribution in [0.1, 0.15) is 44.6 Å². The topological polar surface area (TPSA) is 121 Å². The van der Waals surface area contributed by atoms with E-state index < -0.39 is 37.6 Å². The van der Waals surface area contributed by atoms with Crippen molar-refractivity contribution in [1.82, 2.24) is 4.31 Å². The molecule has 1 atom stereocenters. The standard InChI is InChI=1S/C37H32Cl2FNO7S2/c1-24-2-9-29(10-3-24)35(42)15-8-27-16-28(18-33(17-27)48-32-13-11-31(40)12-14-32)22-41(21-25-4-6-26(7-5-25)23-49(44)45)50(46,47)36-20-30(38)19-34(39)37(36)43/h2-7,9-14,16-20,43H,8,15,21-23H2,1H3,(H,44,45). The van der Waals surface area contributed by atoms with Crippen LogP contribution in [0.2, 0.25) is 10.0 Å². The van der Waals surface area contributed by atoms with Crippen molar-refractivity contribution in [2.45, 2.75) is 43.5 Å². The van der Waals surface area contributed by atoms with Gasteiger partial charge in [0.15, 0.2) is 22.6 Å². The minimum atomic E-state index is -4.47. The number of carbonyl (C=O) groups excluding carboxylic acids is 1. The first-order valence-electron chi connectivity index (χ1n) is 15.3. The van der Waals surface area contributed by atoms with Gasteiger partial charge in [-0.05, 0) is 84.1 Å². The van der Waals surface area contributed by atoms with Crippen LogP contribution in [0.4, 0.5) is 4.39 Å². The molecule has 0 spiro atoms. The van der Waals surface area contributed by atoms with Crippen LogP contribution in [-0.2, 0) is 46.4 Å². The molecule has 5 aromatic rings. The Morgan fingerprint density at radius 2 is 1.44 bits per heavy atom. The van der Waals surface area contributed by atoms with Crippen molar-refractivity contribution in [1.29, 1.82) is 0 Å². The number of phenols is 1. The van der Waals surface area contributed by atoms with Crippen molar-refractivity contribution in [3.63, 3.8) is 0 Å². The average Bonchev–Trinajstić information content (AvgIpc) is 3.07. The lowest BCUT2D eigenvalue weighted by atomic mass is 10.0. The molecular weight excluding hydrogens is 724 g/mol. The number of hydrogen-bond donors (Lipinski definition) is 2. The van der Waals surface area contributed by atoms with Gasteiger partial charge < -0.3 is 14.4 Å². The number of hydrogen-bond acceptors (Lipinski definition) is 6. The number of Topliss-reactive ketones (excluding diaryl/α,β-unsaturated/α-hetero) is 1. The largest absolute Gasteiger partial charge is 0.505 e. The molecule has 0 saturated heterocycles. The molecule has 2 N–H and O–H groups in total. The number of ketones is 1. The predicted octanol–water partition coefficient (Wildman–Crippen LogP) is 8.87. The van der Waals surface area contributed by atoms with Gasteiger partial charge in [-0.1, -0.05) is 83.4 Å². The average molecular weight is 757 g/mol. The molecule has 0 aromatic heterocycles. The molecule has 13 heteroatoms. The first-order chi connectivity index (χ1) is 23.8. The number of benzene rings is 5. The number of sulfonamides is 1. The molecule has 5 aromatic carbocycles. The minimum absolute atomic E-state index is 0.00269. The Morgan fingerprint density at radius 3 is 2.10 bits per heavy atom. The third-order valence-electron chi connectivity index (χ3n) is 7.73. The summed E-state index contributed by atoms with van der Waals surface area (Å²) in [5, 5.41) is 10.5. The third kappa shape index (κ3) is 9.78. The summed E-state index contributed by atoms with van der Waals surface area (Å²) in [6.45, 7) is 1.55. The molecule has 0 radical (unpaired) electrons. The van der Waals surface area contributed by atoms with E-state index in [0.717, 1.165) is 15.9 Å². The summed E-state index contributed by atoms with van der Waals surface area (Å²) < 4.78 is 69.8. The summed E-state index contributed by atoms with van der Waals surface area (Å²) in [5.41, 5.74) is 3.92. The highest BCUT2D eigenvalue weighted by atomic mass is 35.5. The number of rotatable bonds is 14. The lowest BCUT2D eigenvalue weighted by Gasteiger charge is -2.24. The van der Waals surface area contributed by atoms with E-state index in [1.165, 1.54) is 30.3 Å². The van der Waals surface area contributed by atoms with Crippen molar-refractivity contribution in [2.75, 3.05) is 0 Å². The van der Waals surface area contributed by atoms with E-state index in [2.05, 4.69) is 0 Å². The van der Waals surface area contributed by atoms with Gasteiger partial charge in [0.2, 0.25) is 10.0 Å². The van der Waals surface area contributed by atoms with E-state index in [9.17, 15) is 31.5 Å². The number of aryl methyl sites for hydroxylation is 2. The highest BCUT2D eigenvalue weighted by molar-refractivity contribution is 7.89. The monoisotopic (exact) mass is 755 g/mol. The van der Waals surface area contributed by atoms with Crippen LogP contribution in [0.15, 0.2) is 108 Å². The van der Waals surface area contributed by atoms with Crippen LogP contribution < -0.4 is 4.74 Å². The van der Waals surface area contributed by atoms with E-state index in [1.54, 1.807) is 54.6 Å². The fourth-order valence-corrected chi connectivity index (χ4v) is 7.84. The van der Waals surface area contributed by atoms with Crippen LogP contribution in [0.3, 0.4) is 0 Å². The Labute approximate surface area is 302 Å². The van der Waals surface area contributed by atoms with E-state index in [4.69, 9.17) is 27.9 Å². The Morgan fingerprint density at radius 1 is 0.820 bits per heavy atom. The van der Waals surface area contributed by atoms with Crippen molar-refractivity contribution in [3.8, 4) is 17.2 Å². The van der Waals surface area contributed by atoms with Crippen LogP contribution in [0, 0.1) is 12.7 Å². The molecule has 0 bridgehead atoms. The summed E-state index contributed by atoms with van der Waals surface area (Å²) in [7, 11) is -4.47. The van der Waals surface area contributed by atoms with Gasteiger partial charge in [0.25, 0.3) is 0 Å². The maximum Gasteiger partial charge on any atom is 0.247 e. The molecule has 0 saturated carbocycles. The molecule has 5 rings (SSSR count). The number of aromatic hydroxyl groups is 1. The summed E-state index contributed by atoms with van der Waals surface area (Å²) in [6.07, 6.45) is 0.482. The lowest BCUT2D eigenvalue weighted by Crippen LogP contribution is -2.30. The fourth-order valence-electron chi connectivity index (χ4n) is 5.20. The van der Waals surface area contributed by atoms with Gasteiger partial charge in [0.1, 0.15) is 22.2 Å². The molecule has 0 aliphatic heterocycles. The van der Waals surface area contributed by atoms with Crippen LogP contribution in [0.5, 0.6) is 17.2 Å². The number of carbonyl (C=O) groups is 1. The van der Waals surface area contributed by atoms with Gasteiger partial charge in [0, 0.05) is 30.1 Å². The molecule has 8 nitrogen and oxygen atoms in total. The molecule has 50 heavy (non-hydrogen) atoms. The third-order valence-corrected chi connectivity index (χ3v) is 10.6. The highest BCUT2D eigenvalue weighted by Gasteiger charge is 2.30. The molecule has 0 amide bonds. The number of halogens is 3. The Kier molecular flexibility index (Phi) is 12.1. The van der Waals surface area contributed by atoms with E-state index in [1.807, 2.05) is 19.1 Å². The van der Waals surface area contributed by atoms with Crippen molar-refractivity contribution >= 4 is 50.1 Å². The van der Waals surface area contributed by atoms with Gasteiger partial charge in [-0.2, -0.15) is 4.31 Å². The van der Waals surface area contributed by atoms with Crippen LogP contribution >= 0.6 is 23.2 Å². The lowest BCUT2D eigenvalue weighted by molar-refractivity contribution is 0.0982. The van der Waals surface area contributed by atoms with E-state index in [0.29, 0.717) is 45.7 Å². The maximum absolute atomic E-state index is 14.2. The van der Waals surface area contributed by atoms with Crippen molar-refractivity contribution < 1.29 is 36.2 Å². The van der Waals surface area contributed by atoms with Crippen LogP contribution in [0.25, 0.3) is 0 Å². The van der Waals surface area contributed by atoms with Gasteiger partial charge in [-0.15, -0.1) is 0 Å².